The van der Waals surface area contributed by atoms with E-state index in [4.69, 9.17) is 28.4 Å². The number of piperidine rings is 2. The van der Waals surface area contributed by atoms with Crippen LogP contribution in [0.1, 0.15) is 169 Å². The Morgan fingerprint density at radius 2 is 0.873 bits per heavy atom. The van der Waals surface area contributed by atoms with Crippen molar-refractivity contribution in [2.75, 3.05) is 107 Å². The van der Waals surface area contributed by atoms with Gasteiger partial charge >= 0.3 is 36.2 Å². The number of amides is 3. The Bertz CT molecular complexity index is 2040. The van der Waals surface area contributed by atoms with Crippen molar-refractivity contribution in [3.63, 3.8) is 0 Å². The molecule has 0 aromatic carbocycles. The van der Waals surface area contributed by atoms with Crippen molar-refractivity contribution in [2.45, 2.75) is 217 Å². The van der Waals surface area contributed by atoms with Gasteiger partial charge < -0.3 is 48.0 Å². The van der Waals surface area contributed by atoms with Crippen LogP contribution in [-0.4, -0.2) is 231 Å². The van der Waals surface area contributed by atoms with E-state index in [2.05, 4.69) is 19.6 Å². The van der Waals surface area contributed by atoms with E-state index in [0.717, 1.165) is 129 Å². The zero-order valence-electron chi connectivity index (χ0n) is 49.5. The minimum Gasteiger partial charge on any atom is -0.468 e. The lowest BCUT2D eigenvalue weighted by molar-refractivity contribution is -0.147. The smallest absolute Gasteiger partial charge is 0.410 e. The van der Waals surface area contributed by atoms with Crippen molar-refractivity contribution < 1.29 is 62.0 Å². The van der Waals surface area contributed by atoms with E-state index in [9.17, 15) is 33.6 Å². The molecule has 7 aliphatic heterocycles. The van der Waals surface area contributed by atoms with Crippen LogP contribution in [0.25, 0.3) is 0 Å². The number of hydrogen-bond acceptors (Lipinski definition) is 17. The minimum absolute atomic E-state index is 0.0270. The summed E-state index contributed by atoms with van der Waals surface area (Å²) in [6.07, 6.45) is 21.9. The predicted molar refractivity (Wildman–Crippen MR) is 296 cm³/mol. The highest BCUT2D eigenvalue weighted by molar-refractivity contribution is 5.86. The second kappa shape index (κ2) is 28.6. The van der Waals surface area contributed by atoms with Crippen LogP contribution in [0.2, 0.25) is 0 Å². The van der Waals surface area contributed by atoms with Crippen molar-refractivity contribution >= 4 is 42.0 Å². The lowest BCUT2D eigenvalue weighted by Crippen LogP contribution is -2.56. The van der Waals surface area contributed by atoms with Crippen molar-refractivity contribution in [1.82, 2.24) is 34.3 Å². The van der Waals surface area contributed by atoms with Crippen LogP contribution >= 0.6 is 0 Å². The molecule has 3 aliphatic carbocycles. The summed E-state index contributed by atoms with van der Waals surface area (Å²) in [7, 11) is 4.45. The lowest BCUT2D eigenvalue weighted by atomic mass is 9.64. The number of methoxy groups -OCH3 is 3. The molecule has 0 N–H and O–H groups in total. The molecule has 3 amide bonds. The highest BCUT2D eigenvalue weighted by Crippen LogP contribution is 2.51. The van der Waals surface area contributed by atoms with Gasteiger partial charge in [-0.25, -0.2) is 14.4 Å². The van der Waals surface area contributed by atoms with E-state index in [1.807, 2.05) is 32.6 Å². The maximum atomic E-state index is 12.1. The number of rotatable bonds is 9. The first-order valence-corrected chi connectivity index (χ1v) is 30.4. The SMILES string of the molecule is CCOC(=O)N1CCC2(CC(=O)C2)C1.CCOC(=O)N1CCC2(CC(N3CCC(N4CCC[C@@H]4C(=O)OC)CC3)C2)C1.COC(=O)[C@H]1CCCN1C1CCCCC1.COC(=O)[C@H]1CCCN1C1CCN(C(=O)OC(C)(C)C)CC1. The first-order chi connectivity index (χ1) is 37.8. The van der Waals surface area contributed by atoms with Gasteiger partial charge in [0.15, 0.2) is 0 Å². The van der Waals surface area contributed by atoms with Gasteiger partial charge in [-0.15, -0.1) is 0 Å². The number of ketones is 1. The Morgan fingerprint density at radius 3 is 1.28 bits per heavy atom. The second-order valence-corrected chi connectivity index (χ2v) is 25.2. The zero-order chi connectivity index (χ0) is 56.9. The molecule has 10 fully saturated rings. The largest absolute Gasteiger partial charge is 0.468 e. The molecule has 0 bridgehead atoms. The predicted octanol–water partition coefficient (Wildman–Crippen LogP) is 7.28. The van der Waals surface area contributed by atoms with E-state index in [-0.39, 0.29) is 59.7 Å². The highest BCUT2D eigenvalue weighted by atomic mass is 16.6. The van der Waals surface area contributed by atoms with Crippen LogP contribution in [0.5, 0.6) is 0 Å². The summed E-state index contributed by atoms with van der Waals surface area (Å²) in [6, 6.07) is 2.10. The van der Waals surface area contributed by atoms with Crippen molar-refractivity contribution in [3.05, 3.63) is 0 Å². The van der Waals surface area contributed by atoms with E-state index < -0.39 is 5.60 Å². The number of ether oxygens (including phenoxy) is 6. The van der Waals surface area contributed by atoms with Crippen LogP contribution in [0.4, 0.5) is 14.4 Å². The number of nitrogens with zero attached hydrogens (tertiary/aromatic N) is 7. The van der Waals surface area contributed by atoms with Crippen LogP contribution in [0, 0.1) is 10.8 Å². The monoisotopic (exact) mass is 1110 g/mol. The fourth-order valence-electron chi connectivity index (χ4n) is 14.8. The van der Waals surface area contributed by atoms with Gasteiger partial charge in [0, 0.05) is 81.7 Å². The molecule has 0 aromatic heterocycles. The molecule has 0 aromatic rings. The Balaban J connectivity index is 0.000000159. The number of carbonyl (C=O) groups is 7. The Kier molecular flexibility index (Phi) is 22.6. The molecule has 3 saturated carbocycles. The highest BCUT2D eigenvalue weighted by Gasteiger charge is 2.52. The second-order valence-electron chi connectivity index (χ2n) is 25.2. The lowest BCUT2D eigenvalue weighted by Gasteiger charge is -2.52. The van der Waals surface area contributed by atoms with Crippen LogP contribution in [-0.2, 0) is 47.6 Å². The maximum Gasteiger partial charge on any atom is 0.410 e. The van der Waals surface area contributed by atoms with Crippen molar-refractivity contribution in [1.29, 1.82) is 0 Å². The van der Waals surface area contributed by atoms with Crippen LogP contribution < -0.4 is 0 Å². The van der Waals surface area contributed by atoms with Gasteiger partial charge in [0.1, 0.15) is 29.5 Å². The summed E-state index contributed by atoms with van der Waals surface area (Å²) < 4.78 is 30.3. The molecule has 0 unspecified atom stereocenters. The molecule has 7 saturated heterocycles. The van der Waals surface area contributed by atoms with Gasteiger partial charge in [-0.1, -0.05) is 19.3 Å². The van der Waals surface area contributed by atoms with Crippen molar-refractivity contribution in [2.24, 2.45) is 10.8 Å². The molecular weight excluding hydrogens is 1010 g/mol. The fraction of sp³-hybridized carbons (Fsp3) is 0.881. The summed E-state index contributed by atoms with van der Waals surface area (Å²) >= 11 is 0. The summed E-state index contributed by atoms with van der Waals surface area (Å²) in [4.78, 5) is 96.9. The van der Waals surface area contributed by atoms with Gasteiger partial charge in [-0.3, -0.25) is 33.9 Å². The first-order valence-electron chi connectivity index (χ1n) is 30.4. The van der Waals surface area contributed by atoms with E-state index in [0.29, 0.717) is 81.1 Å². The van der Waals surface area contributed by atoms with Gasteiger partial charge in [-0.2, -0.15) is 0 Å². The summed E-state index contributed by atoms with van der Waals surface area (Å²) in [6.45, 7) is 20.0. The molecule has 2 spiro atoms. The number of esters is 3. The van der Waals surface area contributed by atoms with Crippen LogP contribution in [0.15, 0.2) is 0 Å². The Morgan fingerprint density at radius 1 is 0.468 bits per heavy atom. The molecule has 10 rings (SSSR count). The van der Waals surface area contributed by atoms with Gasteiger partial charge in [0.2, 0.25) is 0 Å². The molecule has 10 aliphatic rings. The fourth-order valence-corrected chi connectivity index (χ4v) is 14.8. The van der Waals surface area contributed by atoms with Gasteiger partial charge in [0.25, 0.3) is 0 Å². The standard InChI is InChI=1S/C21H35N3O4.C16H28N2O4.C12H21NO2.C10H15NO3/c1-3-28-20(26)23-12-8-21(15-23)13-17(14-21)22-10-6-16(7-11-22)24-9-4-5-18(24)19(25)27-2;1-16(2,3)22-15(20)17-10-7-12(8-11-17)18-9-5-6-13(18)14(19)21-4;1-15-12(14)11-8-5-9-13(11)10-6-3-2-4-7-10;1-2-14-9(13)11-4-3-10(7-11)5-8(12)6-10/h16-18H,3-15H2,1-2H3;12-13H,5-11H2,1-4H3;10-11H,2-9H2,1H3;2-7H2,1H3/t17?,18-,21?;13-;11-;/m111./s1. The Hall–Kier alpha value is -4.27. The van der Waals surface area contributed by atoms with Crippen LogP contribution in [0.3, 0.4) is 0 Å². The average Bonchev–Trinajstić information content (AvgIpc) is 4.44. The molecular formula is C59H99N7O13. The summed E-state index contributed by atoms with van der Waals surface area (Å²) in [5.41, 5.74) is -0.0120. The summed E-state index contributed by atoms with van der Waals surface area (Å²) in [5.74, 6) is 0.106. The molecule has 3 atom stereocenters. The average molecular weight is 1110 g/mol. The van der Waals surface area contributed by atoms with Crippen molar-refractivity contribution in [3.8, 4) is 0 Å². The third-order valence-corrected chi connectivity index (χ3v) is 18.8. The maximum absolute atomic E-state index is 12.1. The first kappa shape index (κ1) is 62.3. The van der Waals surface area contributed by atoms with Gasteiger partial charge in [0.05, 0.1) is 34.5 Å². The third kappa shape index (κ3) is 16.3. The molecule has 20 heteroatoms. The molecule has 7 heterocycles. The molecule has 79 heavy (non-hydrogen) atoms. The molecule has 20 nitrogen and oxygen atoms in total. The zero-order valence-corrected chi connectivity index (χ0v) is 49.5. The number of hydrogen-bond donors (Lipinski definition) is 0. The van der Waals surface area contributed by atoms with E-state index in [1.54, 1.807) is 16.7 Å². The van der Waals surface area contributed by atoms with E-state index in [1.165, 1.54) is 66.3 Å². The Labute approximate surface area is 471 Å². The number of likely N-dealkylation sites (tertiary alicyclic amines) is 7. The minimum atomic E-state index is -0.459. The molecule has 448 valence electrons. The number of carbonyl (C=O) groups excluding carboxylic acids is 7. The normalized spacial score (nSPS) is 28.8. The quantitative estimate of drug-likeness (QED) is 0.165. The number of Topliss-reactive ketones (excluding diaryl/α,β-unsaturated/α-hetero) is 1. The van der Waals surface area contributed by atoms with Gasteiger partial charge in [-0.05, 0) is 175 Å². The third-order valence-electron chi connectivity index (χ3n) is 18.8. The summed E-state index contributed by atoms with van der Waals surface area (Å²) in [5, 5.41) is 0. The van der Waals surface area contributed by atoms with E-state index >= 15 is 0 Å². The topological polar surface area (TPSA) is 198 Å². The molecule has 0 radical (unpaired) electrons.